The highest BCUT2D eigenvalue weighted by atomic mass is 15.4. The summed E-state index contributed by atoms with van der Waals surface area (Å²) in [6.45, 7) is 1.85. The normalized spacial score (nSPS) is 15.4. The highest BCUT2D eigenvalue weighted by Gasteiger charge is 2.22. The Morgan fingerprint density at radius 3 is 2.76 bits per heavy atom. The van der Waals surface area contributed by atoms with Crippen molar-refractivity contribution < 1.29 is 0 Å². The van der Waals surface area contributed by atoms with Crippen LogP contribution in [0, 0.1) is 11.3 Å². The van der Waals surface area contributed by atoms with Crippen LogP contribution in [0.15, 0.2) is 6.33 Å². The first-order chi connectivity index (χ1) is 8.31. The predicted molar refractivity (Wildman–Crippen MR) is 61.4 cm³/mol. The first kappa shape index (κ1) is 9.84. The van der Waals surface area contributed by atoms with Gasteiger partial charge in [0.2, 0.25) is 5.95 Å². The summed E-state index contributed by atoms with van der Waals surface area (Å²) in [5.41, 5.74) is 6.66. The summed E-state index contributed by atoms with van der Waals surface area (Å²) in [5.74, 6) is 0.911. The number of nitrogens with zero attached hydrogens (tertiary/aromatic N) is 6. The molecule has 1 saturated heterocycles. The van der Waals surface area contributed by atoms with Crippen molar-refractivity contribution >= 4 is 17.4 Å². The molecule has 86 valence electrons. The van der Waals surface area contributed by atoms with Crippen LogP contribution in [0.1, 0.15) is 18.4 Å². The van der Waals surface area contributed by atoms with Gasteiger partial charge in [-0.1, -0.05) is 0 Å². The third-order valence-electron chi connectivity index (χ3n) is 2.95. The van der Waals surface area contributed by atoms with Gasteiger partial charge in [0, 0.05) is 13.1 Å². The molecule has 7 nitrogen and oxygen atoms in total. The van der Waals surface area contributed by atoms with Crippen molar-refractivity contribution in [3.05, 3.63) is 11.9 Å². The monoisotopic (exact) mass is 229 g/mol. The van der Waals surface area contributed by atoms with Gasteiger partial charge < -0.3 is 10.6 Å². The molecule has 1 aliphatic heterocycles. The number of fused-ring (bicyclic) bond motifs is 1. The average molecular weight is 229 g/mol. The van der Waals surface area contributed by atoms with Gasteiger partial charge in [0.05, 0.1) is 0 Å². The summed E-state index contributed by atoms with van der Waals surface area (Å²) in [5, 5.41) is 13.6. The van der Waals surface area contributed by atoms with Crippen LogP contribution in [0.5, 0.6) is 0 Å². The maximum atomic E-state index is 9.23. The quantitative estimate of drug-likeness (QED) is 0.749. The summed E-state index contributed by atoms with van der Waals surface area (Å²) >= 11 is 0. The van der Waals surface area contributed by atoms with E-state index in [0.717, 1.165) is 25.9 Å². The van der Waals surface area contributed by atoms with Gasteiger partial charge in [-0.05, 0) is 12.8 Å². The Balaban J connectivity index is 2.24. The topological polar surface area (TPSA) is 96.1 Å². The molecular formula is C10H11N7. The molecule has 0 bridgehead atoms. The van der Waals surface area contributed by atoms with Crippen LogP contribution in [0.4, 0.5) is 11.8 Å². The lowest BCUT2D eigenvalue weighted by Crippen LogP contribution is -2.19. The van der Waals surface area contributed by atoms with Crippen LogP contribution >= 0.6 is 0 Å². The smallest absolute Gasteiger partial charge is 0.224 e. The van der Waals surface area contributed by atoms with Gasteiger partial charge in [0.25, 0.3) is 0 Å². The van der Waals surface area contributed by atoms with Crippen molar-refractivity contribution in [2.75, 3.05) is 23.7 Å². The molecule has 17 heavy (non-hydrogen) atoms. The fraction of sp³-hybridized carbons (Fsp3) is 0.400. The Bertz CT molecular complexity index is 603. The molecule has 0 aromatic carbocycles. The maximum Gasteiger partial charge on any atom is 0.224 e. The van der Waals surface area contributed by atoms with E-state index in [1.807, 2.05) is 0 Å². The molecule has 0 aliphatic carbocycles. The molecule has 0 unspecified atom stereocenters. The van der Waals surface area contributed by atoms with Crippen molar-refractivity contribution in [1.29, 1.82) is 5.26 Å². The first-order valence-electron chi connectivity index (χ1n) is 5.45. The molecular weight excluding hydrogens is 218 g/mol. The van der Waals surface area contributed by atoms with Gasteiger partial charge in [0.15, 0.2) is 11.5 Å². The van der Waals surface area contributed by atoms with E-state index in [4.69, 9.17) is 5.73 Å². The highest BCUT2D eigenvalue weighted by Crippen LogP contribution is 2.25. The molecule has 0 spiro atoms. The van der Waals surface area contributed by atoms with Crippen LogP contribution in [0.3, 0.4) is 0 Å². The standard InChI is InChI=1S/C10H11N7/c11-5-7-8-13-6-14-10(12)17(8)15-9(7)16-3-1-2-4-16/h6H,1-4H2,(H2,12,13,14). The van der Waals surface area contributed by atoms with Crippen LogP contribution in [-0.2, 0) is 0 Å². The number of nitrogen functional groups attached to an aromatic ring is 1. The van der Waals surface area contributed by atoms with Gasteiger partial charge in [-0.25, -0.2) is 9.97 Å². The summed E-state index contributed by atoms with van der Waals surface area (Å²) in [6, 6.07) is 2.15. The van der Waals surface area contributed by atoms with Gasteiger partial charge >= 0.3 is 0 Å². The molecule has 2 aromatic rings. The van der Waals surface area contributed by atoms with E-state index in [1.165, 1.54) is 10.8 Å². The lowest BCUT2D eigenvalue weighted by Gasteiger charge is -2.13. The summed E-state index contributed by atoms with van der Waals surface area (Å²) in [6.07, 6.45) is 3.60. The third kappa shape index (κ3) is 1.38. The minimum atomic E-state index is 0.247. The molecule has 0 radical (unpaired) electrons. The second kappa shape index (κ2) is 3.59. The number of rotatable bonds is 1. The lowest BCUT2D eigenvalue weighted by atomic mass is 10.3. The van der Waals surface area contributed by atoms with E-state index in [0.29, 0.717) is 17.0 Å². The number of hydrogen-bond donors (Lipinski definition) is 1. The first-order valence-corrected chi connectivity index (χ1v) is 5.45. The number of nitrogens with two attached hydrogens (primary N) is 1. The zero-order chi connectivity index (χ0) is 11.8. The molecule has 0 atom stereocenters. The maximum absolute atomic E-state index is 9.23. The number of aromatic nitrogens is 4. The molecule has 0 saturated carbocycles. The van der Waals surface area contributed by atoms with Gasteiger partial charge in [-0.2, -0.15) is 9.78 Å². The van der Waals surface area contributed by atoms with E-state index in [2.05, 4.69) is 26.0 Å². The lowest BCUT2D eigenvalue weighted by molar-refractivity contribution is 0.866. The van der Waals surface area contributed by atoms with E-state index < -0.39 is 0 Å². The zero-order valence-electron chi connectivity index (χ0n) is 9.17. The molecule has 3 rings (SSSR count). The highest BCUT2D eigenvalue weighted by molar-refractivity contribution is 5.69. The van der Waals surface area contributed by atoms with Gasteiger partial charge in [-0.15, -0.1) is 5.10 Å². The minimum absolute atomic E-state index is 0.247. The predicted octanol–water partition coefficient (Wildman–Crippen LogP) is 0.178. The van der Waals surface area contributed by atoms with E-state index in [-0.39, 0.29) is 5.95 Å². The Kier molecular flexibility index (Phi) is 2.08. The van der Waals surface area contributed by atoms with E-state index in [9.17, 15) is 5.26 Å². The van der Waals surface area contributed by atoms with Crippen molar-refractivity contribution in [2.45, 2.75) is 12.8 Å². The van der Waals surface area contributed by atoms with Crippen LogP contribution in [0.25, 0.3) is 5.65 Å². The fourth-order valence-electron chi connectivity index (χ4n) is 2.12. The Labute approximate surface area is 97.5 Å². The largest absolute Gasteiger partial charge is 0.368 e. The van der Waals surface area contributed by atoms with E-state index >= 15 is 0 Å². The second-order valence-corrected chi connectivity index (χ2v) is 3.97. The molecule has 1 fully saturated rings. The summed E-state index contributed by atoms with van der Waals surface area (Å²) < 4.78 is 1.42. The second-order valence-electron chi connectivity index (χ2n) is 3.97. The van der Waals surface area contributed by atoms with Crippen LogP contribution in [-0.4, -0.2) is 32.7 Å². The Morgan fingerprint density at radius 1 is 1.29 bits per heavy atom. The van der Waals surface area contributed by atoms with Gasteiger partial charge in [-0.3, -0.25) is 0 Å². The van der Waals surface area contributed by atoms with Crippen LogP contribution < -0.4 is 10.6 Å². The minimum Gasteiger partial charge on any atom is -0.368 e. The van der Waals surface area contributed by atoms with Crippen molar-refractivity contribution in [2.24, 2.45) is 0 Å². The van der Waals surface area contributed by atoms with Crippen molar-refractivity contribution in [3.8, 4) is 6.07 Å². The number of nitriles is 1. The fourth-order valence-corrected chi connectivity index (χ4v) is 2.12. The Morgan fingerprint density at radius 2 is 2.06 bits per heavy atom. The molecule has 2 N–H and O–H groups in total. The third-order valence-corrected chi connectivity index (χ3v) is 2.95. The van der Waals surface area contributed by atoms with Crippen molar-refractivity contribution in [1.82, 2.24) is 19.6 Å². The molecule has 1 aliphatic rings. The summed E-state index contributed by atoms with van der Waals surface area (Å²) in [4.78, 5) is 10.0. The number of hydrogen-bond acceptors (Lipinski definition) is 6. The molecule has 3 heterocycles. The summed E-state index contributed by atoms with van der Waals surface area (Å²) in [7, 11) is 0. The molecule has 2 aromatic heterocycles. The van der Waals surface area contributed by atoms with Gasteiger partial charge in [0.1, 0.15) is 18.0 Å². The molecule has 0 amide bonds. The average Bonchev–Trinajstić information content (AvgIpc) is 2.95. The van der Waals surface area contributed by atoms with E-state index in [1.54, 1.807) is 0 Å². The SMILES string of the molecule is N#Cc1c(N2CCCC2)nn2c(N)ncnc12. The Hall–Kier alpha value is -2.36. The number of anilines is 2. The van der Waals surface area contributed by atoms with Crippen LogP contribution in [0.2, 0.25) is 0 Å². The molecule has 7 heteroatoms. The van der Waals surface area contributed by atoms with Crippen molar-refractivity contribution in [3.63, 3.8) is 0 Å². The zero-order valence-corrected chi connectivity index (χ0v) is 9.17.